The van der Waals surface area contributed by atoms with Crippen LogP contribution in [0.2, 0.25) is 0 Å². The van der Waals surface area contributed by atoms with Crippen molar-refractivity contribution in [3.05, 3.63) is 29.8 Å². The van der Waals surface area contributed by atoms with Crippen LogP contribution >= 0.6 is 11.8 Å². The van der Waals surface area contributed by atoms with E-state index in [2.05, 4.69) is 49.3 Å². The molecular weight excluding hydrogens is 264 g/mol. The van der Waals surface area contributed by atoms with Gasteiger partial charge in [-0.2, -0.15) is 0 Å². The monoisotopic (exact) mass is 292 g/mol. The van der Waals surface area contributed by atoms with Crippen molar-refractivity contribution in [3.63, 3.8) is 0 Å². The van der Waals surface area contributed by atoms with Crippen molar-refractivity contribution < 1.29 is 0 Å². The molecule has 1 unspecified atom stereocenters. The van der Waals surface area contributed by atoms with Gasteiger partial charge in [0.05, 0.1) is 0 Å². The summed E-state index contributed by atoms with van der Waals surface area (Å²) in [5.41, 5.74) is 7.93. The van der Waals surface area contributed by atoms with Crippen LogP contribution in [0, 0.1) is 5.41 Å². The van der Waals surface area contributed by atoms with E-state index in [4.69, 9.17) is 5.73 Å². The van der Waals surface area contributed by atoms with Gasteiger partial charge in [0.1, 0.15) is 0 Å². The zero-order valence-corrected chi connectivity index (χ0v) is 13.9. The summed E-state index contributed by atoms with van der Waals surface area (Å²) in [5.74, 6) is 0. The van der Waals surface area contributed by atoms with Crippen LogP contribution in [0.25, 0.3) is 0 Å². The minimum atomic E-state index is 0.375. The molecule has 20 heavy (non-hydrogen) atoms. The van der Waals surface area contributed by atoms with Gasteiger partial charge in [0.25, 0.3) is 0 Å². The molecule has 1 aliphatic heterocycles. The summed E-state index contributed by atoms with van der Waals surface area (Å²) in [5, 5.41) is 0. The fourth-order valence-corrected chi connectivity index (χ4v) is 3.49. The second-order valence-corrected chi connectivity index (χ2v) is 7.46. The van der Waals surface area contributed by atoms with Crippen molar-refractivity contribution in [3.8, 4) is 0 Å². The molecule has 0 spiro atoms. The van der Waals surface area contributed by atoms with E-state index in [1.807, 2.05) is 0 Å². The Balaban J connectivity index is 2.10. The van der Waals surface area contributed by atoms with Crippen molar-refractivity contribution in [2.45, 2.75) is 44.0 Å². The maximum absolute atomic E-state index is 6.08. The first-order valence-corrected chi connectivity index (χ1v) is 8.86. The smallest absolute Gasteiger partial charge is 0.0470 e. The van der Waals surface area contributed by atoms with E-state index in [0.29, 0.717) is 18.0 Å². The Morgan fingerprint density at radius 1 is 1.20 bits per heavy atom. The van der Waals surface area contributed by atoms with Crippen LogP contribution in [-0.4, -0.2) is 30.8 Å². The molecule has 112 valence electrons. The number of nitrogens with zero attached hydrogens (tertiary/aromatic N) is 1. The van der Waals surface area contributed by atoms with Gasteiger partial charge in [-0.25, -0.2) is 0 Å². The lowest BCUT2D eigenvalue weighted by Crippen LogP contribution is -2.34. The highest BCUT2D eigenvalue weighted by molar-refractivity contribution is 7.98. The van der Waals surface area contributed by atoms with Gasteiger partial charge in [0, 0.05) is 17.5 Å². The first-order chi connectivity index (χ1) is 9.55. The quantitative estimate of drug-likeness (QED) is 0.853. The van der Waals surface area contributed by atoms with Gasteiger partial charge >= 0.3 is 0 Å². The Labute approximate surface area is 128 Å². The molecule has 1 heterocycles. The summed E-state index contributed by atoms with van der Waals surface area (Å²) in [4.78, 5) is 3.91. The first kappa shape index (κ1) is 15.9. The lowest BCUT2D eigenvalue weighted by molar-refractivity contribution is 0.200. The SMILES string of the molecule is CSc1ccc(C(CN)N2CCCC(C)(C)CC2)cc1. The first-order valence-electron chi connectivity index (χ1n) is 7.64. The molecule has 1 aliphatic rings. The Hall–Kier alpha value is -0.510. The fraction of sp³-hybridized carbons (Fsp3) is 0.647. The van der Waals surface area contributed by atoms with Crippen LogP contribution < -0.4 is 5.73 Å². The predicted octanol–water partition coefficient (Wildman–Crippen LogP) is 3.92. The molecule has 0 aliphatic carbocycles. The number of nitrogens with two attached hydrogens (primary N) is 1. The molecule has 1 atom stereocenters. The third-order valence-electron chi connectivity index (χ3n) is 4.54. The molecule has 0 saturated carbocycles. The number of hydrogen-bond acceptors (Lipinski definition) is 3. The molecule has 1 aromatic rings. The molecule has 3 heteroatoms. The van der Waals surface area contributed by atoms with Crippen LogP contribution in [0.1, 0.15) is 44.7 Å². The number of thioether (sulfide) groups is 1. The number of benzene rings is 1. The Morgan fingerprint density at radius 2 is 1.90 bits per heavy atom. The average molecular weight is 292 g/mol. The minimum absolute atomic E-state index is 0.375. The summed E-state index contributed by atoms with van der Waals surface area (Å²) >= 11 is 1.79. The molecule has 0 amide bonds. The maximum Gasteiger partial charge on any atom is 0.0470 e. The van der Waals surface area contributed by atoms with Crippen LogP contribution in [0.4, 0.5) is 0 Å². The summed E-state index contributed by atoms with van der Waals surface area (Å²) in [6, 6.07) is 9.30. The van der Waals surface area contributed by atoms with E-state index < -0.39 is 0 Å². The van der Waals surface area contributed by atoms with Crippen LogP contribution in [0.5, 0.6) is 0 Å². The Kier molecular flexibility index (Phi) is 5.53. The zero-order valence-electron chi connectivity index (χ0n) is 13.1. The van der Waals surface area contributed by atoms with E-state index in [-0.39, 0.29) is 0 Å². The molecule has 1 fully saturated rings. The van der Waals surface area contributed by atoms with E-state index in [1.165, 1.54) is 42.8 Å². The van der Waals surface area contributed by atoms with Gasteiger partial charge in [0.2, 0.25) is 0 Å². The second-order valence-electron chi connectivity index (χ2n) is 6.58. The van der Waals surface area contributed by atoms with Crippen molar-refractivity contribution in [1.82, 2.24) is 4.90 Å². The molecule has 2 nitrogen and oxygen atoms in total. The lowest BCUT2D eigenvalue weighted by Gasteiger charge is -2.31. The van der Waals surface area contributed by atoms with Gasteiger partial charge in [-0.15, -0.1) is 11.8 Å². The van der Waals surface area contributed by atoms with Crippen molar-refractivity contribution >= 4 is 11.8 Å². The second kappa shape index (κ2) is 6.97. The predicted molar refractivity (Wildman–Crippen MR) is 89.2 cm³/mol. The zero-order chi connectivity index (χ0) is 14.6. The highest BCUT2D eigenvalue weighted by Gasteiger charge is 2.27. The summed E-state index contributed by atoms with van der Waals surface area (Å²) in [7, 11) is 0. The molecule has 0 radical (unpaired) electrons. The Bertz CT molecular complexity index is 414. The van der Waals surface area contributed by atoms with Crippen LogP contribution in [0.3, 0.4) is 0 Å². The normalized spacial score (nSPS) is 21.4. The molecule has 2 N–H and O–H groups in total. The molecule has 0 aromatic heterocycles. The number of hydrogen-bond donors (Lipinski definition) is 1. The molecule has 0 bridgehead atoms. The number of rotatable bonds is 4. The van der Waals surface area contributed by atoms with Gasteiger partial charge < -0.3 is 5.73 Å². The summed E-state index contributed by atoms with van der Waals surface area (Å²) in [6.07, 6.45) is 6.00. The van der Waals surface area contributed by atoms with Crippen molar-refractivity contribution in [2.24, 2.45) is 11.1 Å². The number of likely N-dealkylation sites (tertiary alicyclic amines) is 1. The molecule has 1 saturated heterocycles. The van der Waals surface area contributed by atoms with E-state index in [9.17, 15) is 0 Å². The third kappa shape index (κ3) is 4.00. The summed E-state index contributed by atoms with van der Waals surface area (Å²) < 4.78 is 0. The molecule has 2 rings (SSSR count). The van der Waals surface area contributed by atoms with Crippen molar-refractivity contribution in [2.75, 3.05) is 25.9 Å². The molecular formula is C17H28N2S. The highest BCUT2D eigenvalue weighted by atomic mass is 32.2. The van der Waals surface area contributed by atoms with Gasteiger partial charge in [-0.3, -0.25) is 4.90 Å². The van der Waals surface area contributed by atoms with E-state index in [1.54, 1.807) is 11.8 Å². The Morgan fingerprint density at radius 3 is 2.50 bits per heavy atom. The van der Waals surface area contributed by atoms with Crippen LogP contribution in [-0.2, 0) is 0 Å². The highest BCUT2D eigenvalue weighted by Crippen LogP contribution is 2.33. The van der Waals surface area contributed by atoms with Crippen LogP contribution in [0.15, 0.2) is 29.2 Å². The van der Waals surface area contributed by atoms with E-state index in [0.717, 1.165) is 0 Å². The van der Waals surface area contributed by atoms with Gasteiger partial charge in [-0.1, -0.05) is 26.0 Å². The maximum atomic E-state index is 6.08. The van der Waals surface area contributed by atoms with E-state index >= 15 is 0 Å². The topological polar surface area (TPSA) is 29.3 Å². The minimum Gasteiger partial charge on any atom is -0.329 e. The standard InChI is InChI=1S/C17H28N2S/c1-17(2)9-4-11-19(12-10-17)16(13-18)14-5-7-15(20-3)8-6-14/h5-8,16H,4,9-13,18H2,1-3H3. The third-order valence-corrected chi connectivity index (χ3v) is 5.28. The van der Waals surface area contributed by atoms with Crippen molar-refractivity contribution in [1.29, 1.82) is 0 Å². The van der Waals surface area contributed by atoms with Gasteiger partial charge in [0.15, 0.2) is 0 Å². The fourth-order valence-electron chi connectivity index (χ4n) is 3.08. The molecule has 1 aromatic carbocycles. The summed E-state index contributed by atoms with van der Waals surface area (Å²) in [6.45, 7) is 7.83. The van der Waals surface area contributed by atoms with Gasteiger partial charge in [-0.05, 0) is 61.7 Å². The lowest BCUT2D eigenvalue weighted by atomic mass is 9.85. The average Bonchev–Trinajstić information content (AvgIpc) is 2.62. The largest absolute Gasteiger partial charge is 0.329 e.